The molecule has 0 radical (unpaired) electrons. The first kappa shape index (κ1) is 16.6. The van der Waals surface area contributed by atoms with Crippen LogP contribution in [0.15, 0.2) is 24.3 Å². The highest BCUT2D eigenvalue weighted by Gasteiger charge is 2.24. The normalized spacial score (nSPS) is 22.3. The Hall–Kier alpha value is -1.30. The van der Waals surface area contributed by atoms with Crippen LogP contribution in [0.5, 0.6) is 0 Å². The van der Waals surface area contributed by atoms with E-state index in [0.29, 0.717) is 17.7 Å². The van der Waals surface area contributed by atoms with Gasteiger partial charge >= 0.3 is 6.03 Å². The SMILES string of the molecule is O=C(NCc1ccccc1Cl)N1CCN(CC2CCCO2)CC1. The van der Waals surface area contributed by atoms with Crippen molar-refractivity contribution in [2.75, 3.05) is 39.3 Å². The molecule has 2 aliphatic heterocycles. The number of carbonyl (C=O) groups is 1. The van der Waals surface area contributed by atoms with Crippen LogP contribution in [-0.2, 0) is 11.3 Å². The smallest absolute Gasteiger partial charge is 0.317 e. The summed E-state index contributed by atoms with van der Waals surface area (Å²) in [6.07, 6.45) is 2.73. The summed E-state index contributed by atoms with van der Waals surface area (Å²) < 4.78 is 5.68. The average Bonchev–Trinajstić information content (AvgIpc) is 3.07. The van der Waals surface area contributed by atoms with Gasteiger partial charge in [-0.05, 0) is 24.5 Å². The summed E-state index contributed by atoms with van der Waals surface area (Å²) in [6.45, 7) is 5.72. The van der Waals surface area contributed by atoms with Crippen molar-refractivity contribution in [3.63, 3.8) is 0 Å². The monoisotopic (exact) mass is 337 g/mol. The predicted molar refractivity (Wildman–Crippen MR) is 90.7 cm³/mol. The molecule has 1 aromatic carbocycles. The topological polar surface area (TPSA) is 44.8 Å². The number of hydrogen-bond acceptors (Lipinski definition) is 3. The molecule has 0 saturated carbocycles. The van der Waals surface area contributed by atoms with Crippen LogP contribution < -0.4 is 5.32 Å². The number of rotatable bonds is 4. The van der Waals surface area contributed by atoms with Crippen LogP contribution in [0.3, 0.4) is 0 Å². The molecule has 1 unspecified atom stereocenters. The molecule has 5 nitrogen and oxygen atoms in total. The first-order valence-corrected chi connectivity index (χ1v) is 8.70. The Bertz CT molecular complexity index is 526. The van der Waals surface area contributed by atoms with Gasteiger partial charge in [0.05, 0.1) is 6.10 Å². The Balaban J connectivity index is 1.40. The van der Waals surface area contributed by atoms with Crippen LogP contribution in [0.4, 0.5) is 4.79 Å². The number of amides is 2. The molecule has 2 fully saturated rings. The van der Waals surface area contributed by atoms with E-state index < -0.39 is 0 Å². The zero-order valence-electron chi connectivity index (χ0n) is 13.3. The Kier molecular flexibility index (Phi) is 5.75. The summed E-state index contributed by atoms with van der Waals surface area (Å²) in [5, 5.41) is 3.65. The summed E-state index contributed by atoms with van der Waals surface area (Å²) in [4.78, 5) is 16.5. The molecule has 126 valence electrons. The van der Waals surface area contributed by atoms with Crippen LogP contribution in [-0.4, -0.2) is 61.3 Å². The number of ether oxygens (including phenoxy) is 1. The van der Waals surface area contributed by atoms with Crippen molar-refractivity contribution in [1.29, 1.82) is 0 Å². The first-order chi connectivity index (χ1) is 11.2. The molecule has 2 saturated heterocycles. The third-order valence-electron chi connectivity index (χ3n) is 4.53. The molecule has 2 amide bonds. The second-order valence-electron chi connectivity index (χ2n) is 6.17. The van der Waals surface area contributed by atoms with Crippen LogP contribution in [0, 0.1) is 0 Å². The molecule has 1 N–H and O–H groups in total. The fourth-order valence-corrected chi connectivity index (χ4v) is 3.34. The molecule has 3 rings (SSSR count). The van der Waals surface area contributed by atoms with Gasteiger partial charge in [0.25, 0.3) is 0 Å². The van der Waals surface area contributed by atoms with Gasteiger partial charge in [-0.15, -0.1) is 0 Å². The number of nitrogens with one attached hydrogen (secondary N) is 1. The van der Waals surface area contributed by atoms with Crippen molar-refractivity contribution in [2.24, 2.45) is 0 Å². The van der Waals surface area contributed by atoms with Gasteiger partial charge < -0.3 is 15.0 Å². The molecule has 0 aromatic heterocycles. The van der Waals surface area contributed by atoms with Crippen molar-refractivity contribution >= 4 is 17.6 Å². The van der Waals surface area contributed by atoms with Gasteiger partial charge in [-0.3, -0.25) is 4.90 Å². The fourth-order valence-electron chi connectivity index (χ4n) is 3.13. The minimum atomic E-state index is -0.0123. The molecule has 2 aliphatic rings. The molecular weight excluding hydrogens is 314 g/mol. The maximum absolute atomic E-state index is 12.3. The summed E-state index contributed by atoms with van der Waals surface area (Å²) in [6, 6.07) is 7.58. The quantitative estimate of drug-likeness (QED) is 0.917. The maximum Gasteiger partial charge on any atom is 0.317 e. The predicted octanol–water partition coefficient (Wildman–Crippen LogP) is 2.35. The zero-order valence-corrected chi connectivity index (χ0v) is 14.1. The highest BCUT2D eigenvalue weighted by atomic mass is 35.5. The van der Waals surface area contributed by atoms with Gasteiger partial charge in [-0.25, -0.2) is 4.79 Å². The summed E-state index contributed by atoms with van der Waals surface area (Å²) in [5.41, 5.74) is 0.944. The second-order valence-corrected chi connectivity index (χ2v) is 6.58. The van der Waals surface area contributed by atoms with Gasteiger partial charge in [-0.1, -0.05) is 29.8 Å². The minimum Gasteiger partial charge on any atom is -0.377 e. The minimum absolute atomic E-state index is 0.0123. The van der Waals surface area contributed by atoms with Crippen molar-refractivity contribution in [2.45, 2.75) is 25.5 Å². The lowest BCUT2D eigenvalue weighted by atomic mass is 10.2. The highest BCUT2D eigenvalue weighted by Crippen LogP contribution is 2.16. The number of hydrogen-bond donors (Lipinski definition) is 1. The van der Waals surface area contributed by atoms with E-state index in [0.717, 1.165) is 44.9 Å². The van der Waals surface area contributed by atoms with Gasteiger partial charge in [0.15, 0.2) is 0 Å². The maximum atomic E-state index is 12.3. The van der Waals surface area contributed by atoms with Crippen LogP contribution in [0.1, 0.15) is 18.4 Å². The number of carbonyl (C=O) groups excluding carboxylic acids is 1. The van der Waals surface area contributed by atoms with Gasteiger partial charge in [0.2, 0.25) is 0 Å². The molecule has 2 heterocycles. The lowest BCUT2D eigenvalue weighted by Gasteiger charge is -2.35. The van der Waals surface area contributed by atoms with Crippen molar-refractivity contribution in [3.05, 3.63) is 34.9 Å². The van der Waals surface area contributed by atoms with Crippen LogP contribution >= 0.6 is 11.6 Å². The Morgan fingerprint density at radius 3 is 2.74 bits per heavy atom. The average molecular weight is 338 g/mol. The van der Waals surface area contributed by atoms with E-state index in [1.165, 1.54) is 12.8 Å². The van der Waals surface area contributed by atoms with E-state index in [9.17, 15) is 4.79 Å². The zero-order chi connectivity index (χ0) is 16.1. The number of benzene rings is 1. The van der Waals surface area contributed by atoms with Crippen LogP contribution in [0.2, 0.25) is 5.02 Å². The number of nitrogens with zero attached hydrogens (tertiary/aromatic N) is 2. The Morgan fingerprint density at radius 2 is 2.04 bits per heavy atom. The van der Waals surface area contributed by atoms with E-state index >= 15 is 0 Å². The third kappa shape index (κ3) is 4.59. The Labute approximate surface area is 142 Å². The Morgan fingerprint density at radius 1 is 1.26 bits per heavy atom. The van der Waals surface area contributed by atoms with Crippen LogP contribution in [0.25, 0.3) is 0 Å². The lowest BCUT2D eigenvalue weighted by Crippen LogP contribution is -2.52. The first-order valence-electron chi connectivity index (χ1n) is 8.32. The largest absolute Gasteiger partial charge is 0.377 e. The molecular formula is C17H24ClN3O2. The van der Waals surface area contributed by atoms with E-state index in [1.807, 2.05) is 29.2 Å². The lowest BCUT2D eigenvalue weighted by molar-refractivity contribution is 0.0561. The van der Waals surface area contributed by atoms with Crippen molar-refractivity contribution < 1.29 is 9.53 Å². The fraction of sp³-hybridized carbons (Fsp3) is 0.588. The van der Waals surface area contributed by atoms with Crippen molar-refractivity contribution in [1.82, 2.24) is 15.1 Å². The molecule has 1 aromatic rings. The molecule has 0 aliphatic carbocycles. The van der Waals surface area contributed by atoms with E-state index in [-0.39, 0.29) is 6.03 Å². The molecule has 23 heavy (non-hydrogen) atoms. The molecule has 0 bridgehead atoms. The highest BCUT2D eigenvalue weighted by molar-refractivity contribution is 6.31. The number of urea groups is 1. The molecule has 1 atom stereocenters. The van der Waals surface area contributed by atoms with Gasteiger partial charge in [0.1, 0.15) is 0 Å². The van der Waals surface area contributed by atoms with E-state index in [2.05, 4.69) is 10.2 Å². The number of piperazine rings is 1. The second kappa shape index (κ2) is 7.99. The third-order valence-corrected chi connectivity index (χ3v) is 4.90. The summed E-state index contributed by atoms with van der Waals surface area (Å²) >= 11 is 6.11. The van der Waals surface area contributed by atoms with Gasteiger partial charge in [0, 0.05) is 50.9 Å². The molecule has 0 spiro atoms. The summed E-state index contributed by atoms with van der Waals surface area (Å²) in [7, 11) is 0. The standard InChI is InChI=1S/C17H24ClN3O2/c18-16-6-2-1-4-14(16)12-19-17(22)21-9-7-20(8-10-21)13-15-5-3-11-23-15/h1-2,4,6,15H,3,5,7-13H2,(H,19,22). The van der Waals surface area contributed by atoms with E-state index in [1.54, 1.807) is 0 Å². The molecule has 6 heteroatoms. The number of halogens is 1. The van der Waals surface area contributed by atoms with E-state index in [4.69, 9.17) is 16.3 Å². The van der Waals surface area contributed by atoms with Crippen molar-refractivity contribution in [3.8, 4) is 0 Å². The summed E-state index contributed by atoms with van der Waals surface area (Å²) in [5.74, 6) is 0. The van der Waals surface area contributed by atoms with Gasteiger partial charge in [-0.2, -0.15) is 0 Å².